The predicted octanol–water partition coefficient (Wildman–Crippen LogP) is 3.83. The highest BCUT2D eigenvalue weighted by Gasteiger charge is 2.17. The lowest BCUT2D eigenvalue weighted by atomic mass is 9.99. The van der Waals surface area contributed by atoms with Crippen molar-refractivity contribution in [2.24, 2.45) is 5.92 Å². The van der Waals surface area contributed by atoms with Crippen LogP contribution in [0.3, 0.4) is 0 Å². The van der Waals surface area contributed by atoms with Crippen LogP contribution in [-0.2, 0) is 11.2 Å². The molecule has 0 aliphatic heterocycles. The lowest BCUT2D eigenvalue weighted by molar-refractivity contribution is -0.119. The molecule has 0 aromatic heterocycles. The van der Waals surface area contributed by atoms with E-state index in [-0.39, 0.29) is 17.4 Å². The zero-order chi connectivity index (χ0) is 18.6. The van der Waals surface area contributed by atoms with Crippen molar-refractivity contribution < 1.29 is 19.4 Å². The van der Waals surface area contributed by atoms with Gasteiger partial charge in [-0.1, -0.05) is 25.1 Å². The maximum atomic E-state index is 12.5. The minimum atomic E-state index is -1.00. The molecule has 0 aliphatic carbocycles. The van der Waals surface area contributed by atoms with Crippen LogP contribution in [0.15, 0.2) is 36.4 Å². The number of amides is 1. The van der Waals surface area contributed by atoms with E-state index in [1.165, 1.54) is 6.07 Å². The molecule has 0 saturated heterocycles. The maximum absolute atomic E-state index is 12.5. The smallest absolute Gasteiger partial charge is 0.336 e. The minimum absolute atomic E-state index is 0.140. The third-order valence-corrected chi connectivity index (χ3v) is 4.21. The molecule has 5 heteroatoms. The lowest BCUT2D eigenvalue weighted by Gasteiger charge is -2.15. The topological polar surface area (TPSA) is 75.6 Å². The van der Waals surface area contributed by atoms with Crippen molar-refractivity contribution >= 4 is 17.6 Å². The van der Waals surface area contributed by atoms with Gasteiger partial charge in [0.2, 0.25) is 5.91 Å². The van der Waals surface area contributed by atoms with E-state index in [1.54, 1.807) is 20.1 Å². The van der Waals surface area contributed by atoms with Crippen molar-refractivity contribution in [3.63, 3.8) is 0 Å². The summed E-state index contributed by atoms with van der Waals surface area (Å²) in [5, 5.41) is 12.1. The number of carbonyl (C=O) groups excluding carboxylic acids is 1. The van der Waals surface area contributed by atoms with Crippen LogP contribution in [-0.4, -0.2) is 24.1 Å². The van der Waals surface area contributed by atoms with Gasteiger partial charge in [0.25, 0.3) is 0 Å². The molecule has 5 nitrogen and oxygen atoms in total. The molecule has 0 aliphatic rings. The van der Waals surface area contributed by atoms with Gasteiger partial charge < -0.3 is 15.2 Å². The number of rotatable bonds is 6. The summed E-state index contributed by atoms with van der Waals surface area (Å²) in [6.45, 7) is 5.44. The third-order valence-electron chi connectivity index (χ3n) is 4.21. The molecule has 0 radical (unpaired) electrons. The van der Waals surface area contributed by atoms with E-state index < -0.39 is 5.97 Å². The average molecular weight is 341 g/mol. The van der Waals surface area contributed by atoms with Gasteiger partial charge >= 0.3 is 5.97 Å². The number of aryl methyl sites for hydroxylation is 2. The average Bonchev–Trinajstić information content (AvgIpc) is 2.57. The molecular formula is C20H23NO4. The summed E-state index contributed by atoms with van der Waals surface area (Å²) in [5.41, 5.74) is 3.29. The number of hydrogen-bond acceptors (Lipinski definition) is 3. The highest BCUT2D eigenvalue weighted by Crippen LogP contribution is 2.22. The largest absolute Gasteiger partial charge is 0.497 e. The summed E-state index contributed by atoms with van der Waals surface area (Å²) < 4.78 is 5.13. The molecule has 0 fully saturated rings. The van der Waals surface area contributed by atoms with E-state index >= 15 is 0 Å². The molecule has 0 saturated carbocycles. The molecule has 2 aromatic rings. The summed E-state index contributed by atoms with van der Waals surface area (Å²) >= 11 is 0. The van der Waals surface area contributed by atoms with Crippen molar-refractivity contribution in [2.45, 2.75) is 27.2 Å². The van der Waals surface area contributed by atoms with E-state index in [1.807, 2.05) is 38.1 Å². The number of ether oxygens (including phenoxy) is 1. The molecule has 1 unspecified atom stereocenters. The summed E-state index contributed by atoms with van der Waals surface area (Å²) in [6.07, 6.45) is 0.590. The van der Waals surface area contributed by atoms with Crippen LogP contribution in [0.5, 0.6) is 5.75 Å². The molecule has 0 bridgehead atoms. The predicted molar refractivity (Wildman–Crippen MR) is 97.4 cm³/mol. The van der Waals surface area contributed by atoms with Crippen molar-refractivity contribution in [2.75, 3.05) is 12.4 Å². The van der Waals surface area contributed by atoms with E-state index in [9.17, 15) is 14.7 Å². The fourth-order valence-electron chi connectivity index (χ4n) is 2.68. The number of nitrogens with one attached hydrogen (secondary N) is 1. The van der Waals surface area contributed by atoms with Crippen LogP contribution in [0.2, 0.25) is 0 Å². The van der Waals surface area contributed by atoms with Gasteiger partial charge in [-0.2, -0.15) is 0 Å². The zero-order valence-electron chi connectivity index (χ0n) is 14.9. The number of carboxylic acids is 1. The number of hydrogen-bond donors (Lipinski definition) is 2. The van der Waals surface area contributed by atoms with E-state index in [0.29, 0.717) is 17.7 Å². The number of anilines is 1. The Balaban J connectivity index is 2.10. The van der Waals surface area contributed by atoms with Gasteiger partial charge in [-0.25, -0.2) is 4.79 Å². The maximum Gasteiger partial charge on any atom is 0.336 e. The fraction of sp³-hybridized carbons (Fsp3) is 0.300. The number of carboxylic acid groups (broad SMARTS) is 1. The van der Waals surface area contributed by atoms with Gasteiger partial charge in [0.1, 0.15) is 5.75 Å². The van der Waals surface area contributed by atoms with Crippen LogP contribution < -0.4 is 10.1 Å². The molecule has 2 N–H and O–H groups in total. The van der Waals surface area contributed by atoms with E-state index in [4.69, 9.17) is 4.74 Å². The molecule has 1 atom stereocenters. The Morgan fingerprint density at radius 3 is 2.32 bits per heavy atom. The quantitative estimate of drug-likeness (QED) is 0.837. The van der Waals surface area contributed by atoms with Gasteiger partial charge in [-0.05, 0) is 55.2 Å². The highest BCUT2D eigenvalue weighted by atomic mass is 16.5. The van der Waals surface area contributed by atoms with Gasteiger partial charge in [-0.15, -0.1) is 0 Å². The van der Waals surface area contributed by atoms with E-state index in [2.05, 4.69) is 5.32 Å². The second-order valence-electron chi connectivity index (χ2n) is 6.23. The molecule has 25 heavy (non-hydrogen) atoms. The highest BCUT2D eigenvalue weighted by molar-refractivity contribution is 5.96. The second kappa shape index (κ2) is 7.83. The van der Waals surface area contributed by atoms with Crippen LogP contribution >= 0.6 is 0 Å². The van der Waals surface area contributed by atoms with Crippen LogP contribution in [0.25, 0.3) is 0 Å². The fourth-order valence-corrected chi connectivity index (χ4v) is 2.68. The Hall–Kier alpha value is -2.82. The Labute approximate surface area is 147 Å². The van der Waals surface area contributed by atoms with Gasteiger partial charge in [-0.3, -0.25) is 4.79 Å². The normalized spacial score (nSPS) is 11.7. The molecule has 132 valence electrons. The standard InChI is InChI=1S/C20H23NO4/c1-12-9-13(2)18(11-17(12)20(23)24)21-19(22)14(3)10-15-5-7-16(25-4)8-6-15/h5-9,11,14H,10H2,1-4H3,(H,21,22)(H,23,24). The summed E-state index contributed by atoms with van der Waals surface area (Å²) in [4.78, 5) is 23.8. The van der Waals surface area contributed by atoms with Crippen LogP contribution in [0, 0.1) is 19.8 Å². The van der Waals surface area contributed by atoms with Crippen LogP contribution in [0.1, 0.15) is 34.0 Å². The Morgan fingerprint density at radius 2 is 1.76 bits per heavy atom. The minimum Gasteiger partial charge on any atom is -0.497 e. The second-order valence-corrected chi connectivity index (χ2v) is 6.23. The Kier molecular flexibility index (Phi) is 5.80. The molecule has 0 spiro atoms. The Bertz CT molecular complexity index is 781. The number of carbonyl (C=O) groups is 2. The molecule has 2 rings (SSSR count). The first kappa shape index (κ1) is 18.5. The van der Waals surface area contributed by atoms with Crippen molar-refractivity contribution in [1.82, 2.24) is 0 Å². The molecular weight excluding hydrogens is 318 g/mol. The summed E-state index contributed by atoms with van der Waals surface area (Å²) in [7, 11) is 1.61. The van der Waals surface area contributed by atoms with Gasteiger partial charge in [0.05, 0.1) is 12.7 Å². The first-order valence-electron chi connectivity index (χ1n) is 8.10. The number of aromatic carboxylic acids is 1. The monoisotopic (exact) mass is 341 g/mol. The summed E-state index contributed by atoms with van der Waals surface area (Å²) in [6, 6.07) is 10.9. The number of methoxy groups -OCH3 is 1. The van der Waals surface area contributed by atoms with Crippen molar-refractivity contribution in [3.05, 3.63) is 58.7 Å². The van der Waals surface area contributed by atoms with Crippen LogP contribution in [0.4, 0.5) is 5.69 Å². The first-order chi connectivity index (χ1) is 11.8. The van der Waals surface area contributed by atoms with Crippen molar-refractivity contribution in [1.29, 1.82) is 0 Å². The third kappa shape index (κ3) is 4.59. The van der Waals surface area contributed by atoms with Gasteiger partial charge in [0.15, 0.2) is 0 Å². The number of benzene rings is 2. The summed E-state index contributed by atoms with van der Waals surface area (Å²) in [5.74, 6) is -0.613. The van der Waals surface area contributed by atoms with Crippen molar-refractivity contribution in [3.8, 4) is 5.75 Å². The first-order valence-corrected chi connectivity index (χ1v) is 8.10. The Morgan fingerprint density at radius 1 is 1.12 bits per heavy atom. The zero-order valence-corrected chi connectivity index (χ0v) is 14.9. The molecule has 2 aromatic carbocycles. The van der Waals surface area contributed by atoms with Gasteiger partial charge in [0, 0.05) is 11.6 Å². The van der Waals surface area contributed by atoms with E-state index in [0.717, 1.165) is 16.9 Å². The molecule has 0 heterocycles. The SMILES string of the molecule is COc1ccc(CC(C)C(=O)Nc2cc(C(=O)O)c(C)cc2C)cc1. The lowest BCUT2D eigenvalue weighted by Crippen LogP contribution is -2.23. The molecule has 1 amide bonds.